The van der Waals surface area contributed by atoms with Gasteiger partial charge in [0, 0.05) is 60.1 Å². The summed E-state index contributed by atoms with van der Waals surface area (Å²) in [6, 6.07) is 6.64. The van der Waals surface area contributed by atoms with Gasteiger partial charge in [-0.3, -0.25) is 24.7 Å². The number of hydrogen-bond donors (Lipinski definition) is 0. The van der Waals surface area contributed by atoms with Gasteiger partial charge >= 0.3 is 6.18 Å². The molecule has 0 fully saturated rings. The molecule has 0 atom stereocenters. The van der Waals surface area contributed by atoms with Crippen molar-refractivity contribution in [2.75, 3.05) is 0 Å². The van der Waals surface area contributed by atoms with E-state index < -0.39 is 11.7 Å². The number of carbonyl (C=O) groups is 1. The summed E-state index contributed by atoms with van der Waals surface area (Å²) in [5, 5.41) is 0. The second-order valence-corrected chi connectivity index (χ2v) is 7.43. The molecule has 31 heavy (non-hydrogen) atoms. The van der Waals surface area contributed by atoms with Crippen LogP contribution in [0, 0.1) is 6.92 Å². The summed E-state index contributed by atoms with van der Waals surface area (Å²) in [7, 11) is 0. The first kappa shape index (κ1) is 20.8. The fourth-order valence-electron chi connectivity index (χ4n) is 3.64. The number of carbonyl (C=O) groups excluding carboxylic acids is 1. The average molecular weight is 424 g/mol. The van der Waals surface area contributed by atoms with Gasteiger partial charge in [-0.2, -0.15) is 13.2 Å². The standard InChI is InChI=1S/C23H19F3N4O/c1-14-8-15(4-7-28-14)22-20-13-29-18(9-17(20)12-30-22)10-19(31)3-2-16-11-27-6-5-21(16)23(24,25)26/h4-9,11,13H,2-3,10,12H2,1H3. The van der Waals surface area contributed by atoms with Gasteiger partial charge < -0.3 is 0 Å². The van der Waals surface area contributed by atoms with Crippen molar-refractivity contribution in [3.8, 4) is 0 Å². The predicted octanol–water partition coefficient (Wildman–Crippen LogP) is 4.29. The molecule has 0 radical (unpaired) electrons. The zero-order valence-electron chi connectivity index (χ0n) is 16.8. The minimum Gasteiger partial charge on any atom is -0.299 e. The monoisotopic (exact) mass is 424 g/mol. The Labute approximate surface area is 177 Å². The van der Waals surface area contributed by atoms with E-state index in [0.717, 1.165) is 40.4 Å². The lowest BCUT2D eigenvalue weighted by atomic mass is 9.99. The molecule has 8 heteroatoms. The molecule has 3 aromatic heterocycles. The summed E-state index contributed by atoms with van der Waals surface area (Å²) in [6.45, 7) is 2.41. The molecule has 3 aromatic rings. The highest BCUT2D eigenvalue weighted by atomic mass is 19.4. The maximum atomic E-state index is 13.1. The topological polar surface area (TPSA) is 68.1 Å². The van der Waals surface area contributed by atoms with Crippen LogP contribution in [0.4, 0.5) is 13.2 Å². The van der Waals surface area contributed by atoms with Gasteiger partial charge in [0.1, 0.15) is 5.78 Å². The number of alkyl halides is 3. The molecule has 1 aliphatic rings. The minimum absolute atomic E-state index is 0.00835. The van der Waals surface area contributed by atoms with Gasteiger partial charge in [-0.25, -0.2) is 0 Å². The van der Waals surface area contributed by atoms with Crippen LogP contribution in [0.15, 0.2) is 54.0 Å². The normalized spacial score (nSPS) is 13.1. The van der Waals surface area contributed by atoms with Gasteiger partial charge in [0.25, 0.3) is 0 Å². The Morgan fingerprint density at radius 2 is 1.94 bits per heavy atom. The number of fused-ring (bicyclic) bond motifs is 1. The van der Waals surface area contributed by atoms with Crippen LogP contribution < -0.4 is 0 Å². The predicted molar refractivity (Wildman–Crippen MR) is 109 cm³/mol. The van der Waals surface area contributed by atoms with E-state index in [1.807, 2.05) is 25.1 Å². The van der Waals surface area contributed by atoms with E-state index in [2.05, 4.69) is 19.9 Å². The lowest BCUT2D eigenvalue weighted by molar-refractivity contribution is -0.138. The summed E-state index contributed by atoms with van der Waals surface area (Å²) < 4.78 is 39.3. The van der Waals surface area contributed by atoms with Crippen LogP contribution in [-0.2, 0) is 30.4 Å². The van der Waals surface area contributed by atoms with E-state index >= 15 is 0 Å². The molecule has 0 aliphatic carbocycles. The summed E-state index contributed by atoms with van der Waals surface area (Å²) in [5.41, 5.74) is 4.48. The first-order chi connectivity index (χ1) is 14.8. The molecule has 0 bridgehead atoms. The second-order valence-electron chi connectivity index (χ2n) is 7.43. The van der Waals surface area contributed by atoms with Gasteiger partial charge in [0.2, 0.25) is 0 Å². The summed E-state index contributed by atoms with van der Waals surface area (Å²) in [5.74, 6) is -0.173. The lowest BCUT2D eigenvalue weighted by Gasteiger charge is -2.11. The van der Waals surface area contributed by atoms with Crippen LogP contribution in [-0.4, -0.2) is 26.4 Å². The first-order valence-corrected chi connectivity index (χ1v) is 9.78. The number of nitrogens with zero attached hydrogens (tertiary/aromatic N) is 4. The largest absolute Gasteiger partial charge is 0.416 e. The highest BCUT2D eigenvalue weighted by Crippen LogP contribution is 2.32. The van der Waals surface area contributed by atoms with Crippen molar-refractivity contribution in [1.82, 2.24) is 15.0 Å². The molecule has 4 rings (SSSR count). The number of ketones is 1. The smallest absolute Gasteiger partial charge is 0.299 e. The molecule has 0 aromatic carbocycles. The Balaban J connectivity index is 1.42. The van der Waals surface area contributed by atoms with E-state index in [-0.39, 0.29) is 30.6 Å². The van der Waals surface area contributed by atoms with Gasteiger partial charge in [0.05, 0.1) is 17.8 Å². The molecule has 4 heterocycles. The van der Waals surface area contributed by atoms with E-state index in [1.165, 1.54) is 6.20 Å². The van der Waals surface area contributed by atoms with Crippen LogP contribution in [0.5, 0.6) is 0 Å². The number of aryl methyl sites for hydroxylation is 2. The molecule has 0 N–H and O–H groups in total. The van der Waals surface area contributed by atoms with E-state index in [1.54, 1.807) is 12.4 Å². The quantitative estimate of drug-likeness (QED) is 0.592. The molecular weight excluding hydrogens is 405 g/mol. The number of aliphatic imine (C=N–C) groups is 1. The average Bonchev–Trinajstić information content (AvgIpc) is 3.15. The third-order valence-electron chi connectivity index (χ3n) is 5.14. The number of halogens is 3. The fraction of sp³-hybridized carbons (Fsp3) is 0.261. The van der Waals surface area contributed by atoms with Crippen LogP contribution in [0.1, 0.15) is 45.6 Å². The zero-order valence-corrected chi connectivity index (χ0v) is 16.8. The van der Waals surface area contributed by atoms with Crippen LogP contribution in [0.2, 0.25) is 0 Å². The Morgan fingerprint density at radius 1 is 1.10 bits per heavy atom. The maximum Gasteiger partial charge on any atom is 0.416 e. The molecule has 0 spiro atoms. The number of Topliss-reactive ketones (excluding diaryl/α,β-unsaturated/α-hetero) is 1. The number of aromatic nitrogens is 3. The number of hydrogen-bond acceptors (Lipinski definition) is 5. The molecule has 0 amide bonds. The van der Waals surface area contributed by atoms with Gasteiger partial charge in [-0.05, 0) is 48.7 Å². The number of rotatable bonds is 6. The first-order valence-electron chi connectivity index (χ1n) is 9.78. The Hall–Kier alpha value is -3.42. The third kappa shape index (κ3) is 4.68. The fourth-order valence-corrected chi connectivity index (χ4v) is 3.64. The van der Waals surface area contributed by atoms with Gasteiger partial charge in [0.15, 0.2) is 0 Å². The summed E-state index contributed by atoms with van der Waals surface area (Å²) in [6.07, 6.45) is 1.30. The van der Waals surface area contributed by atoms with Gasteiger partial charge in [-0.15, -0.1) is 0 Å². The van der Waals surface area contributed by atoms with Crippen molar-refractivity contribution in [2.45, 2.75) is 38.9 Å². The molecule has 0 saturated carbocycles. The summed E-state index contributed by atoms with van der Waals surface area (Å²) >= 11 is 0. The van der Waals surface area contributed by atoms with Crippen molar-refractivity contribution in [3.05, 3.63) is 88.3 Å². The Bertz CT molecular complexity index is 1170. The van der Waals surface area contributed by atoms with Crippen LogP contribution >= 0.6 is 0 Å². The van der Waals surface area contributed by atoms with Crippen molar-refractivity contribution >= 4 is 11.5 Å². The van der Waals surface area contributed by atoms with E-state index in [0.29, 0.717) is 12.2 Å². The van der Waals surface area contributed by atoms with Crippen LogP contribution in [0.25, 0.3) is 0 Å². The number of pyridine rings is 3. The van der Waals surface area contributed by atoms with Crippen molar-refractivity contribution in [2.24, 2.45) is 4.99 Å². The second kappa shape index (κ2) is 8.37. The molecule has 5 nitrogen and oxygen atoms in total. The highest BCUT2D eigenvalue weighted by molar-refractivity contribution is 6.15. The molecular formula is C23H19F3N4O. The highest BCUT2D eigenvalue weighted by Gasteiger charge is 2.33. The van der Waals surface area contributed by atoms with Crippen LogP contribution in [0.3, 0.4) is 0 Å². The Morgan fingerprint density at radius 3 is 2.71 bits per heavy atom. The lowest BCUT2D eigenvalue weighted by Crippen LogP contribution is -2.12. The minimum atomic E-state index is -4.46. The SMILES string of the molecule is Cc1cc(C2=NCc3cc(CC(=O)CCc4cnccc4C(F)(F)F)ncc32)ccn1. The molecule has 0 unspecified atom stereocenters. The van der Waals surface area contributed by atoms with E-state index in [4.69, 9.17) is 0 Å². The van der Waals surface area contributed by atoms with Crippen molar-refractivity contribution in [1.29, 1.82) is 0 Å². The van der Waals surface area contributed by atoms with Crippen molar-refractivity contribution in [3.63, 3.8) is 0 Å². The summed E-state index contributed by atoms with van der Waals surface area (Å²) in [4.78, 5) is 29.3. The molecule has 0 saturated heterocycles. The molecule has 1 aliphatic heterocycles. The van der Waals surface area contributed by atoms with E-state index in [9.17, 15) is 18.0 Å². The third-order valence-corrected chi connectivity index (χ3v) is 5.14. The zero-order chi connectivity index (χ0) is 22.0. The molecule has 158 valence electrons. The Kier molecular flexibility index (Phi) is 5.63. The maximum absolute atomic E-state index is 13.1. The van der Waals surface area contributed by atoms with Gasteiger partial charge in [-0.1, -0.05) is 0 Å². The van der Waals surface area contributed by atoms with Crippen molar-refractivity contribution < 1.29 is 18.0 Å².